The van der Waals surface area contributed by atoms with Gasteiger partial charge in [-0.25, -0.2) is 9.07 Å². The molecule has 1 atom stereocenters. The average molecular weight is 409 g/mol. The number of hydrogen-bond donors (Lipinski definition) is 2. The first-order valence-electron chi connectivity index (χ1n) is 10.4. The lowest BCUT2D eigenvalue weighted by molar-refractivity contribution is -0.121. The van der Waals surface area contributed by atoms with Crippen LogP contribution in [0.2, 0.25) is 0 Å². The van der Waals surface area contributed by atoms with Crippen molar-refractivity contribution in [1.82, 2.24) is 20.4 Å². The Labute approximate surface area is 177 Å². The normalized spacial score (nSPS) is 12.0. The second-order valence-electron chi connectivity index (χ2n) is 7.59. The van der Waals surface area contributed by atoms with Crippen molar-refractivity contribution in [1.29, 1.82) is 0 Å². The first-order valence-corrected chi connectivity index (χ1v) is 10.4. The van der Waals surface area contributed by atoms with Crippen LogP contribution in [0.5, 0.6) is 0 Å². The summed E-state index contributed by atoms with van der Waals surface area (Å²) in [4.78, 5) is 12.0. The van der Waals surface area contributed by atoms with Gasteiger partial charge in [0.15, 0.2) is 0 Å². The zero-order valence-corrected chi connectivity index (χ0v) is 17.8. The predicted molar refractivity (Wildman–Crippen MR) is 118 cm³/mol. The number of aromatic nitrogens is 2. The number of hydrogen-bond acceptors (Lipinski definition) is 3. The summed E-state index contributed by atoms with van der Waals surface area (Å²) in [6.07, 6.45) is 3.30. The fraction of sp³-hybridized carbons (Fsp3) is 0.333. The van der Waals surface area contributed by atoms with Crippen LogP contribution in [0.15, 0.2) is 54.7 Å². The van der Waals surface area contributed by atoms with Gasteiger partial charge in [0.25, 0.3) is 0 Å². The van der Waals surface area contributed by atoms with E-state index in [1.54, 1.807) is 16.8 Å². The molecule has 0 saturated carbocycles. The molecule has 0 spiro atoms. The number of halogens is 1. The highest BCUT2D eigenvalue weighted by Gasteiger charge is 2.13. The van der Waals surface area contributed by atoms with Crippen LogP contribution in [0, 0.1) is 12.7 Å². The molecule has 0 radical (unpaired) electrons. The maximum atomic E-state index is 13.3. The predicted octanol–water partition coefficient (Wildman–Crippen LogP) is 4.38. The quantitative estimate of drug-likeness (QED) is 0.517. The van der Waals surface area contributed by atoms with Crippen LogP contribution in [0.4, 0.5) is 4.39 Å². The van der Waals surface area contributed by atoms with Gasteiger partial charge >= 0.3 is 0 Å². The van der Waals surface area contributed by atoms with Gasteiger partial charge in [0.1, 0.15) is 5.82 Å². The molecule has 1 aromatic heterocycles. The Hall–Kier alpha value is -2.99. The maximum absolute atomic E-state index is 13.3. The van der Waals surface area contributed by atoms with Gasteiger partial charge < -0.3 is 10.6 Å². The van der Waals surface area contributed by atoms with Crippen LogP contribution in [0.3, 0.4) is 0 Å². The molecule has 2 N–H and O–H groups in total. The third-order valence-electron chi connectivity index (χ3n) is 5.07. The summed E-state index contributed by atoms with van der Waals surface area (Å²) in [6.45, 7) is 7.27. The van der Waals surface area contributed by atoms with Gasteiger partial charge in [0.2, 0.25) is 5.91 Å². The molecule has 2 aromatic carbocycles. The van der Waals surface area contributed by atoms with Crippen molar-refractivity contribution < 1.29 is 9.18 Å². The molecule has 1 heterocycles. The summed E-state index contributed by atoms with van der Waals surface area (Å²) in [6, 6.07) is 14.7. The standard InChI is InChI=1S/C24H29FN4O/c1-4-18(3)27-23(30)13-14-26-15-20-16-29(22-11-9-21(25)10-12-22)28-24(20)19-7-5-17(2)6-8-19/h5-12,16,18,26H,4,13-15H2,1-3H3,(H,27,30). The Morgan fingerprint density at radius 1 is 1.13 bits per heavy atom. The number of aryl methyl sites for hydroxylation is 1. The second-order valence-corrected chi connectivity index (χ2v) is 7.59. The third kappa shape index (κ3) is 5.76. The lowest BCUT2D eigenvalue weighted by Crippen LogP contribution is -2.33. The smallest absolute Gasteiger partial charge is 0.221 e. The van der Waals surface area contributed by atoms with Crippen molar-refractivity contribution in [2.45, 2.75) is 46.2 Å². The molecule has 0 aliphatic heterocycles. The van der Waals surface area contributed by atoms with Crippen molar-refractivity contribution in [3.63, 3.8) is 0 Å². The summed E-state index contributed by atoms with van der Waals surface area (Å²) in [5, 5.41) is 11.1. The van der Waals surface area contributed by atoms with Gasteiger partial charge in [-0.1, -0.05) is 36.8 Å². The summed E-state index contributed by atoms with van der Waals surface area (Å²) >= 11 is 0. The molecule has 3 rings (SSSR count). The van der Waals surface area contributed by atoms with E-state index >= 15 is 0 Å². The van der Waals surface area contributed by atoms with Gasteiger partial charge in [0.05, 0.1) is 11.4 Å². The minimum Gasteiger partial charge on any atom is -0.354 e. The molecule has 0 fully saturated rings. The van der Waals surface area contributed by atoms with E-state index < -0.39 is 0 Å². The van der Waals surface area contributed by atoms with Crippen molar-refractivity contribution in [2.75, 3.05) is 6.54 Å². The van der Waals surface area contributed by atoms with Crippen LogP contribution < -0.4 is 10.6 Å². The highest BCUT2D eigenvalue weighted by molar-refractivity contribution is 5.76. The topological polar surface area (TPSA) is 59.0 Å². The van der Waals surface area contributed by atoms with Crippen LogP contribution in [0.1, 0.15) is 37.8 Å². The Morgan fingerprint density at radius 2 is 1.83 bits per heavy atom. The third-order valence-corrected chi connectivity index (χ3v) is 5.07. The van der Waals surface area contributed by atoms with Gasteiger partial charge in [-0.3, -0.25) is 4.79 Å². The first kappa shape index (κ1) is 21.7. The lowest BCUT2D eigenvalue weighted by atomic mass is 10.1. The zero-order chi connectivity index (χ0) is 21.5. The fourth-order valence-corrected chi connectivity index (χ4v) is 3.09. The molecular formula is C24H29FN4O. The molecule has 0 aliphatic rings. The number of rotatable bonds is 9. The fourth-order valence-electron chi connectivity index (χ4n) is 3.09. The molecule has 0 aliphatic carbocycles. The molecule has 30 heavy (non-hydrogen) atoms. The van der Waals surface area contributed by atoms with Crippen molar-refractivity contribution in [2.24, 2.45) is 0 Å². The van der Waals surface area contributed by atoms with Gasteiger partial charge in [-0.2, -0.15) is 5.10 Å². The average Bonchev–Trinajstić information content (AvgIpc) is 3.16. The van der Waals surface area contributed by atoms with Crippen LogP contribution in [0.25, 0.3) is 16.9 Å². The Kier molecular flexibility index (Phi) is 7.36. The molecular weight excluding hydrogens is 379 g/mol. The van der Waals surface area contributed by atoms with Gasteiger partial charge in [0, 0.05) is 42.9 Å². The second kappa shape index (κ2) is 10.2. The summed E-state index contributed by atoms with van der Waals surface area (Å²) < 4.78 is 15.1. The van der Waals surface area contributed by atoms with Crippen LogP contribution >= 0.6 is 0 Å². The molecule has 6 heteroatoms. The number of carbonyl (C=O) groups is 1. The first-order chi connectivity index (χ1) is 14.5. The largest absolute Gasteiger partial charge is 0.354 e. The van der Waals surface area contributed by atoms with Crippen LogP contribution in [-0.4, -0.2) is 28.3 Å². The maximum Gasteiger partial charge on any atom is 0.221 e. The number of nitrogens with zero attached hydrogens (tertiary/aromatic N) is 2. The number of carbonyl (C=O) groups excluding carboxylic acids is 1. The van der Waals surface area contributed by atoms with E-state index in [0.29, 0.717) is 19.5 Å². The highest BCUT2D eigenvalue weighted by Crippen LogP contribution is 2.24. The summed E-state index contributed by atoms with van der Waals surface area (Å²) in [5.41, 5.74) is 4.89. The van der Waals surface area contributed by atoms with E-state index in [4.69, 9.17) is 5.10 Å². The number of amides is 1. The van der Waals surface area contributed by atoms with Gasteiger partial charge in [-0.05, 0) is 44.5 Å². The minimum atomic E-state index is -0.276. The monoisotopic (exact) mass is 408 g/mol. The molecule has 158 valence electrons. The van der Waals surface area contributed by atoms with Crippen molar-refractivity contribution >= 4 is 5.91 Å². The Balaban J connectivity index is 1.74. The van der Waals surface area contributed by atoms with E-state index in [0.717, 1.165) is 28.9 Å². The van der Waals surface area contributed by atoms with Crippen molar-refractivity contribution in [3.8, 4) is 16.9 Å². The van der Waals surface area contributed by atoms with E-state index in [9.17, 15) is 9.18 Å². The molecule has 3 aromatic rings. The molecule has 0 saturated heterocycles. The van der Waals surface area contributed by atoms with E-state index in [2.05, 4.69) is 41.8 Å². The Morgan fingerprint density at radius 3 is 2.50 bits per heavy atom. The van der Waals surface area contributed by atoms with Gasteiger partial charge in [-0.15, -0.1) is 0 Å². The van der Waals surface area contributed by atoms with Crippen LogP contribution in [-0.2, 0) is 11.3 Å². The van der Waals surface area contributed by atoms with Crippen molar-refractivity contribution in [3.05, 3.63) is 71.7 Å². The number of nitrogens with one attached hydrogen (secondary N) is 2. The molecule has 0 bridgehead atoms. The lowest BCUT2D eigenvalue weighted by Gasteiger charge is -2.11. The zero-order valence-electron chi connectivity index (χ0n) is 17.8. The summed E-state index contributed by atoms with van der Waals surface area (Å²) in [5.74, 6) is -0.222. The molecule has 1 amide bonds. The summed E-state index contributed by atoms with van der Waals surface area (Å²) in [7, 11) is 0. The van der Waals surface area contributed by atoms with E-state index in [1.165, 1.54) is 17.7 Å². The van der Waals surface area contributed by atoms with E-state index in [-0.39, 0.29) is 17.8 Å². The minimum absolute atomic E-state index is 0.0533. The highest BCUT2D eigenvalue weighted by atomic mass is 19.1. The molecule has 5 nitrogen and oxygen atoms in total. The Bertz CT molecular complexity index is 964. The SMILES string of the molecule is CCC(C)NC(=O)CCNCc1cn(-c2ccc(F)cc2)nc1-c1ccc(C)cc1. The number of benzene rings is 2. The van der Waals surface area contributed by atoms with E-state index in [1.807, 2.05) is 20.0 Å². The molecule has 1 unspecified atom stereocenters.